The first-order valence-electron chi connectivity index (χ1n) is 12.5. The van der Waals surface area contributed by atoms with Gasteiger partial charge in [0.05, 0.1) is 7.11 Å². The van der Waals surface area contributed by atoms with Crippen LogP contribution in [0, 0.1) is 17.3 Å². The Morgan fingerprint density at radius 2 is 2.06 bits per heavy atom. The van der Waals surface area contributed by atoms with E-state index >= 15 is 0 Å². The monoisotopic (exact) mass is 457 g/mol. The first kappa shape index (κ1) is 24.4. The van der Waals surface area contributed by atoms with Crippen molar-refractivity contribution in [3.63, 3.8) is 0 Å². The van der Waals surface area contributed by atoms with Crippen LogP contribution in [0.4, 0.5) is 0 Å². The van der Waals surface area contributed by atoms with Crippen molar-refractivity contribution in [3.05, 3.63) is 34.9 Å². The first-order chi connectivity index (χ1) is 15.8. The van der Waals surface area contributed by atoms with E-state index in [1.165, 1.54) is 26.0 Å². The Labute approximate surface area is 197 Å². The maximum atomic E-state index is 13.0. The molecule has 4 unspecified atom stereocenters. The molecule has 2 saturated carbocycles. The van der Waals surface area contributed by atoms with Crippen LogP contribution in [0.5, 0.6) is 0 Å². The largest absolute Gasteiger partial charge is 0.466 e. The average molecular weight is 458 g/mol. The summed E-state index contributed by atoms with van der Waals surface area (Å²) < 4.78 is 10.5. The van der Waals surface area contributed by atoms with Crippen molar-refractivity contribution in [1.29, 1.82) is 0 Å². The predicted molar refractivity (Wildman–Crippen MR) is 127 cm³/mol. The van der Waals surface area contributed by atoms with Crippen molar-refractivity contribution < 1.29 is 24.2 Å². The van der Waals surface area contributed by atoms with E-state index in [1.54, 1.807) is 13.2 Å². The number of methoxy groups -OCH3 is 2. The molecule has 0 aromatic rings. The molecule has 5 atom stereocenters. The molecule has 33 heavy (non-hydrogen) atoms. The number of allylic oxidation sites excluding steroid dienone is 2. The summed E-state index contributed by atoms with van der Waals surface area (Å²) in [7, 11) is 5.19. The highest BCUT2D eigenvalue weighted by molar-refractivity contribution is 5.83. The zero-order valence-corrected chi connectivity index (χ0v) is 20.5. The van der Waals surface area contributed by atoms with Gasteiger partial charge in [0.15, 0.2) is 0 Å². The summed E-state index contributed by atoms with van der Waals surface area (Å²) in [6, 6.07) is 0.302. The number of carbonyl (C=O) groups is 2. The fraction of sp³-hybridized carbons (Fsp3) is 0.704. The van der Waals surface area contributed by atoms with Crippen molar-refractivity contribution in [2.45, 2.75) is 76.5 Å². The van der Waals surface area contributed by atoms with Gasteiger partial charge in [0.1, 0.15) is 18.0 Å². The molecule has 0 saturated heterocycles. The van der Waals surface area contributed by atoms with Crippen molar-refractivity contribution >= 4 is 11.8 Å². The van der Waals surface area contributed by atoms with Crippen LogP contribution in [0.2, 0.25) is 0 Å². The minimum absolute atomic E-state index is 0.291. The molecule has 2 fully saturated rings. The normalized spacial score (nSPS) is 34.7. The van der Waals surface area contributed by atoms with E-state index in [4.69, 9.17) is 9.47 Å². The number of nitrogens with zero attached hydrogens (tertiary/aromatic N) is 1. The molecule has 0 spiro atoms. The molecular weight excluding hydrogens is 418 g/mol. The maximum absolute atomic E-state index is 13.0. The summed E-state index contributed by atoms with van der Waals surface area (Å²) in [6.45, 7) is 3.24. The molecule has 0 aromatic heterocycles. The molecule has 1 N–H and O–H groups in total. The van der Waals surface area contributed by atoms with E-state index in [0.717, 1.165) is 54.9 Å². The highest BCUT2D eigenvalue weighted by Gasteiger charge is 2.55. The molecule has 182 valence electrons. The number of hydrogen-bond acceptors (Lipinski definition) is 6. The minimum atomic E-state index is -0.789. The molecule has 0 aliphatic heterocycles. The third kappa shape index (κ3) is 4.62. The minimum Gasteiger partial charge on any atom is -0.466 e. The topological polar surface area (TPSA) is 76.1 Å². The van der Waals surface area contributed by atoms with Crippen LogP contribution in [-0.2, 0) is 19.1 Å². The Morgan fingerprint density at radius 3 is 2.70 bits per heavy atom. The Balaban J connectivity index is 1.85. The molecule has 6 nitrogen and oxygen atoms in total. The fourth-order valence-electron chi connectivity index (χ4n) is 6.73. The molecule has 6 heteroatoms. The number of rotatable bonds is 7. The molecule has 4 rings (SSSR count). The summed E-state index contributed by atoms with van der Waals surface area (Å²) in [4.78, 5) is 27.4. The number of aliphatic hydroxyl groups excluding tert-OH is 1. The standard InChI is InChI=1S/C27H39NO5/c1-5-27-15-19(29)7-6-8-21(27)22(28(2)16-17-9-10-17)14-20-18(11-12-24(30)33-4)13-23(32-3)26(31)25(20)27/h11-13,17,21-23,26,31H,5-10,14-16H2,1-4H3/b12-11+/t21?,22?,23?,26?,27-/m1/s1. The summed E-state index contributed by atoms with van der Waals surface area (Å²) in [5, 5.41) is 11.5. The summed E-state index contributed by atoms with van der Waals surface area (Å²) in [5.74, 6) is 0.966. The number of carbonyl (C=O) groups excluding carboxylic acids is 2. The Kier molecular flexibility index (Phi) is 7.27. The van der Waals surface area contributed by atoms with Gasteiger partial charge in [-0.25, -0.2) is 4.79 Å². The molecule has 0 amide bonds. The number of esters is 1. The lowest BCUT2D eigenvalue weighted by atomic mass is 9.54. The Morgan fingerprint density at radius 1 is 1.30 bits per heavy atom. The van der Waals surface area contributed by atoms with Gasteiger partial charge >= 0.3 is 5.97 Å². The summed E-state index contributed by atoms with van der Waals surface area (Å²) in [6.07, 6.45) is 11.1. The van der Waals surface area contributed by atoms with E-state index in [1.807, 2.05) is 6.08 Å². The Bertz CT molecular complexity index is 870. The van der Waals surface area contributed by atoms with Gasteiger partial charge < -0.3 is 19.5 Å². The van der Waals surface area contributed by atoms with Crippen molar-refractivity contribution in [3.8, 4) is 0 Å². The van der Waals surface area contributed by atoms with Crippen LogP contribution in [0.1, 0.15) is 58.3 Å². The lowest BCUT2D eigenvalue weighted by Crippen LogP contribution is -2.55. The van der Waals surface area contributed by atoms with Gasteiger partial charge in [0.2, 0.25) is 0 Å². The van der Waals surface area contributed by atoms with E-state index in [9.17, 15) is 14.7 Å². The molecule has 4 aliphatic carbocycles. The van der Waals surface area contributed by atoms with Crippen LogP contribution in [0.25, 0.3) is 0 Å². The second-order valence-corrected chi connectivity index (χ2v) is 10.4. The highest BCUT2D eigenvalue weighted by atomic mass is 16.5. The lowest BCUT2D eigenvalue weighted by Gasteiger charge is -2.54. The highest BCUT2D eigenvalue weighted by Crippen LogP contribution is 2.58. The molecule has 0 aromatic carbocycles. The van der Waals surface area contributed by atoms with Gasteiger partial charge in [0, 0.05) is 44.0 Å². The fourth-order valence-corrected chi connectivity index (χ4v) is 6.73. The molecular formula is C27H39NO5. The number of Topliss-reactive ketones (excluding diaryl/α,β-unsaturated/α-hetero) is 1. The zero-order chi connectivity index (χ0) is 23.8. The predicted octanol–water partition coefficient (Wildman–Crippen LogP) is 3.60. The second kappa shape index (κ2) is 9.85. The van der Waals surface area contributed by atoms with Crippen LogP contribution in [0.3, 0.4) is 0 Å². The van der Waals surface area contributed by atoms with Gasteiger partial charge in [0.25, 0.3) is 0 Å². The van der Waals surface area contributed by atoms with Gasteiger partial charge in [-0.15, -0.1) is 0 Å². The van der Waals surface area contributed by atoms with Gasteiger partial charge in [-0.3, -0.25) is 4.79 Å². The SMILES string of the molecule is CC[C@@]12CC(=O)CCCC1C(N(C)CC1CC1)CC1=C2C(O)C(OC)C=C1/C=C/C(=O)OC. The van der Waals surface area contributed by atoms with E-state index in [0.29, 0.717) is 30.6 Å². The van der Waals surface area contributed by atoms with Crippen molar-refractivity contribution in [2.75, 3.05) is 27.8 Å². The van der Waals surface area contributed by atoms with Gasteiger partial charge in [-0.05, 0) is 86.3 Å². The van der Waals surface area contributed by atoms with E-state index < -0.39 is 23.6 Å². The third-order valence-electron chi connectivity index (χ3n) is 8.54. The Hall–Kier alpha value is -1.76. The van der Waals surface area contributed by atoms with Crippen molar-refractivity contribution in [2.24, 2.45) is 17.3 Å². The first-order valence-corrected chi connectivity index (χ1v) is 12.5. The molecule has 0 bridgehead atoms. The number of hydrogen-bond donors (Lipinski definition) is 1. The van der Waals surface area contributed by atoms with Crippen LogP contribution >= 0.6 is 0 Å². The summed E-state index contributed by atoms with van der Waals surface area (Å²) in [5.41, 5.74) is 2.57. The van der Waals surface area contributed by atoms with Crippen LogP contribution < -0.4 is 0 Å². The number of ketones is 1. The number of aliphatic hydroxyl groups is 1. The van der Waals surface area contributed by atoms with Crippen LogP contribution in [-0.4, -0.2) is 67.8 Å². The molecule has 4 aliphatic rings. The van der Waals surface area contributed by atoms with Crippen molar-refractivity contribution in [1.82, 2.24) is 4.90 Å². The smallest absolute Gasteiger partial charge is 0.330 e. The maximum Gasteiger partial charge on any atom is 0.330 e. The third-order valence-corrected chi connectivity index (χ3v) is 8.54. The number of fused-ring (bicyclic) bond motifs is 2. The molecule has 0 radical (unpaired) electrons. The van der Waals surface area contributed by atoms with Gasteiger partial charge in [-0.1, -0.05) is 6.92 Å². The molecule has 0 heterocycles. The van der Waals surface area contributed by atoms with Gasteiger partial charge in [-0.2, -0.15) is 0 Å². The lowest BCUT2D eigenvalue weighted by molar-refractivity contribution is -0.134. The average Bonchev–Trinajstić information content (AvgIpc) is 3.63. The second-order valence-electron chi connectivity index (χ2n) is 10.4. The van der Waals surface area contributed by atoms with E-state index in [-0.39, 0.29) is 0 Å². The van der Waals surface area contributed by atoms with E-state index in [2.05, 4.69) is 18.9 Å². The number of ether oxygens (including phenoxy) is 2. The van der Waals surface area contributed by atoms with Crippen LogP contribution in [0.15, 0.2) is 34.9 Å². The zero-order valence-electron chi connectivity index (χ0n) is 20.5. The summed E-state index contributed by atoms with van der Waals surface area (Å²) >= 11 is 0. The quantitative estimate of drug-likeness (QED) is 0.465.